The number of rotatable bonds is 1. The van der Waals surface area contributed by atoms with Gasteiger partial charge >= 0.3 is 5.97 Å². The lowest BCUT2D eigenvalue weighted by molar-refractivity contribution is 0.0699. The van der Waals surface area contributed by atoms with Gasteiger partial charge in [-0.2, -0.15) is 0 Å². The van der Waals surface area contributed by atoms with Gasteiger partial charge in [-0.05, 0) is 23.6 Å². The number of benzene rings is 2. The molecular weight excluding hydrogens is 279 g/mol. The minimum Gasteiger partial charge on any atom is -0.478 e. The van der Waals surface area contributed by atoms with E-state index >= 15 is 0 Å². The Kier molecular flexibility index (Phi) is 2.67. The Morgan fingerprint density at radius 2 is 2.07 bits per heavy atom. The summed E-state index contributed by atoms with van der Waals surface area (Å²) in [6.07, 6.45) is 0. The van der Waals surface area contributed by atoms with Crippen molar-refractivity contribution in [3.63, 3.8) is 0 Å². The normalized spacial score (nSPS) is 10.5. The highest BCUT2D eigenvalue weighted by molar-refractivity contribution is 9.10. The first-order chi connectivity index (χ1) is 7.09. The highest BCUT2D eigenvalue weighted by Gasteiger charge is 2.12. The highest BCUT2D eigenvalue weighted by Crippen LogP contribution is 2.30. The molecule has 2 aromatic rings. The van der Waals surface area contributed by atoms with Gasteiger partial charge in [-0.25, -0.2) is 4.79 Å². The van der Waals surface area contributed by atoms with Crippen LogP contribution in [0.3, 0.4) is 0 Å². The first-order valence-electron chi connectivity index (χ1n) is 4.20. The van der Waals surface area contributed by atoms with E-state index in [1.165, 1.54) is 6.07 Å². The zero-order valence-electron chi connectivity index (χ0n) is 7.50. The van der Waals surface area contributed by atoms with E-state index in [9.17, 15) is 4.79 Å². The van der Waals surface area contributed by atoms with E-state index < -0.39 is 5.97 Å². The van der Waals surface area contributed by atoms with Gasteiger partial charge in [-0.15, -0.1) is 0 Å². The summed E-state index contributed by atoms with van der Waals surface area (Å²) in [5.74, 6) is -0.977. The predicted octanol–water partition coefficient (Wildman–Crippen LogP) is 3.95. The van der Waals surface area contributed by atoms with Crippen LogP contribution in [0.4, 0.5) is 0 Å². The van der Waals surface area contributed by atoms with Gasteiger partial charge in [0.2, 0.25) is 0 Å². The zero-order valence-corrected chi connectivity index (χ0v) is 9.84. The van der Waals surface area contributed by atoms with Crippen LogP contribution in [0.1, 0.15) is 10.4 Å². The fourth-order valence-corrected chi connectivity index (χ4v) is 2.34. The number of hydrogen-bond acceptors (Lipinski definition) is 1. The summed E-state index contributed by atoms with van der Waals surface area (Å²) in [4.78, 5) is 11.0. The summed E-state index contributed by atoms with van der Waals surface area (Å²) >= 11 is 9.18. The third-order valence-corrected chi connectivity index (χ3v) is 3.00. The van der Waals surface area contributed by atoms with Crippen LogP contribution < -0.4 is 0 Å². The van der Waals surface area contributed by atoms with Crippen LogP contribution in [0.15, 0.2) is 34.8 Å². The summed E-state index contributed by atoms with van der Waals surface area (Å²) in [7, 11) is 0. The van der Waals surface area contributed by atoms with Crippen molar-refractivity contribution in [3.05, 3.63) is 45.4 Å². The Labute approximate surface area is 99.6 Å². The molecule has 0 fully saturated rings. The maximum Gasteiger partial charge on any atom is 0.336 e. The minimum atomic E-state index is -0.977. The summed E-state index contributed by atoms with van der Waals surface area (Å²) in [5.41, 5.74) is 0.213. The van der Waals surface area contributed by atoms with Crippen molar-refractivity contribution in [2.24, 2.45) is 0 Å². The Balaban J connectivity index is 2.94. The molecule has 0 saturated carbocycles. The van der Waals surface area contributed by atoms with Gasteiger partial charge < -0.3 is 5.11 Å². The number of aromatic carboxylic acids is 1. The molecule has 0 amide bonds. The van der Waals surface area contributed by atoms with Crippen LogP contribution in [0.5, 0.6) is 0 Å². The molecule has 0 spiro atoms. The van der Waals surface area contributed by atoms with Crippen molar-refractivity contribution < 1.29 is 9.90 Å². The van der Waals surface area contributed by atoms with Crippen LogP contribution in [0, 0.1) is 0 Å². The van der Waals surface area contributed by atoms with Crippen molar-refractivity contribution in [1.29, 1.82) is 0 Å². The van der Waals surface area contributed by atoms with Gasteiger partial charge in [0, 0.05) is 14.9 Å². The SMILES string of the molecule is O=C(O)c1cc(Cl)cc2cccc(Br)c12. The summed E-state index contributed by atoms with van der Waals surface area (Å²) in [6.45, 7) is 0. The zero-order chi connectivity index (χ0) is 11.0. The molecule has 0 aliphatic carbocycles. The molecule has 2 aromatic carbocycles. The van der Waals surface area contributed by atoms with Crippen molar-refractivity contribution >= 4 is 44.3 Å². The van der Waals surface area contributed by atoms with Crippen molar-refractivity contribution in [3.8, 4) is 0 Å². The highest BCUT2D eigenvalue weighted by atomic mass is 79.9. The van der Waals surface area contributed by atoms with Gasteiger partial charge in [-0.3, -0.25) is 0 Å². The van der Waals surface area contributed by atoms with E-state index in [2.05, 4.69) is 15.9 Å². The Morgan fingerprint density at radius 1 is 1.33 bits per heavy atom. The average molecular weight is 286 g/mol. The van der Waals surface area contributed by atoms with Crippen LogP contribution in [0.25, 0.3) is 10.8 Å². The topological polar surface area (TPSA) is 37.3 Å². The minimum absolute atomic E-state index is 0.213. The molecule has 15 heavy (non-hydrogen) atoms. The van der Waals surface area contributed by atoms with Crippen LogP contribution in [-0.2, 0) is 0 Å². The molecule has 0 heterocycles. The fourth-order valence-electron chi connectivity index (χ4n) is 1.51. The first-order valence-corrected chi connectivity index (χ1v) is 5.38. The lowest BCUT2D eigenvalue weighted by Gasteiger charge is -2.05. The molecule has 0 saturated heterocycles. The fraction of sp³-hybridized carbons (Fsp3) is 0. The summed E-state index contributed by atoms with van der Waals surface area (Å²) < 4.78 is 0.758. The maximum absolute atomic E-state index is 11.0. The number of carbonyl (C=O) groups is 1. The average Bonchev–Trinajstić information content (AvgIpc) is 2.16. The van der Waals surface area contributed by atoms with Crippen molar-refractivity contribution in [1.82, 2.24) is 0 Å². The van der Waals surface area contributed by atoms with Gasteiger partial charge in [0.05, 0.1) is 5.56 Å². The van der Waals surface area contributed by atoms with Gasteiger partial charge in [0.25, 0.3) is 0 Å². The predicted molar refractivity (Wildman–Crippen MR) is 63.6 cm³/mol. The smallest absolute Gasteiger partial charge is 0.336 e. The summed E-state index contributed by atoms with van der Waals surface area (Å²) in [5, 5.41) is 11.0. The second-order valence-corrected chi connectivity index (χ2v) is 4.39. The van der Waals surface area contributed by atoms with Crippen LogP contribution in [-0.4, -0.2) is 11.1 Å². The molecule has 1 N–H and O–H groups in total. The largest absolute Gasteiger partial charge is 0.478 e. The van der Waals surface area contributed by atoms with E-state index in [0.717, 1.165) is 9.86 Å². The monoisotopic (exact) mass is 284 g/mol. The molecule has 4 heteroatoms. The number of hydrogen-bond donors (Lipinski definition) is 1. The molecule has 2 nitrogen and oxygen atoms in total. The molecule has 0 radical (unpaired) electrons. The number of carboxylic acid groups (broad SMARTS) is 1. The van der Waals surface area contributed by atoms with Crippen LogP contribution >= 0.6 is 27.5 Å². The van der Waals surface area contributed by atoms with Crippen molar-refractivity contribution in [2.75, 3.05) is 0 Å². The van der Waals surface area contributed by atoms with E-state index in [-0.39, 0.29) is 5.56 Å². The lowest BCUT2D eigenvalue weighted by Crippen LogP contribution is -1.98. The third kappa shape index (κ3) is 1.85. The molecule has 0 aliphatic heterocycles. The standard InChI is InChI=1S/C11H6BrClO2/c12-9-3-1-2-6-4-7(13)5-8(10(6)9)11(14)15/h1-5H,(H,14,15). The quantitative estimate of drug-likeness (QED) is 0.861. The first kappa shape index (κ1) is 10.5. The van der Waals surface area contributed by atoms with Gasteiger partial charge in [-0.1, -0.05) is 39.7 Å². The molecule has 2 rings (SSSR count). The number of halogens is 2. The second kappa shape index (κ2) is 3.83. The number of fused-ring (bicyclic) bond motifs is 1. The number of carboxylic acids is 1. The Morgan fingerprint density at radius 3 is 2.73 bits per heavy atom. The molecule has 0 atom stereocenters. The summed E-state index contributed by atoms with van der Waals surface area (Å²) in [6, 6.07) is 8.68. The molecule has 0 aliphatic rings. The van der Waals surface area contributed by atoms with E-state index in [0.29, 0.717) is 10.4 Å². The molecule has 0 unspecified atom stereocenters. The van der Waals surface area contributed by atoms with E-state index in [4.69, 9.17) is 16.7 Å². The molecule has 76 valence electrons. The van der Waals surface area contributed by atoms with Crippen LogP contribution in [0.2, 0.25) is 5.02 Å². The maximum atomic E-state index is 11.0. The molecular formula is C11H6BrClO2. The third-order valence-electron chi connectivity index (χ3n) is 2.12. The van der Waals surface area contributed by atoms with E-state index in [1.807, 2.05) is 18.2 Å². The Hall–Kier alpha value is -1.06. The van der Waals surface area contributed by atoms with Gasteiger partial charge in [0.15, 0.2) is 0 Å². The molecule has 0 bridgehead atoms. The van der Waals surface area contributed by atoms with Gasteiger partial charge in [0.1, 0.15) is 0 Å². The Bertz CT molecular complexity index is 552. The lowest BCUT2D eigenvalue weighted by atomic mass is 10.0. The second-order valence-electron chi connectivity index (χ2n) is 3.10. The van der Waals surface area contributed by atoms with E-state index in [1.54, 1.807) is 6.07 Å². The van der Waals surface area contributed by atoms with Crippen molar-refractivity contribution in [2.45, 2.75) is 0 Å². The molecule has 0 aromatic heterocycles.